The van der Waals surface area contributed by atoms with Crippen LogP contribution in [0.3, 0.4) is 0 Å². The summed E-state index contributed by atoms with van der Waals surface area (Å²) >= 11 is 1.74. The topological polar surface area (TPSA) is 17.1 Å². The molecule has 1 rings (SSSR count). The molecule has 0 radical (unpaired) electrons. The maximum absolute atomic E-state index is 11.8. The van der Waals surface area contributed by atoms with E-state index in [-0.39, 0.29) is 4.75 Å². The van der Waals surface area contributed by atoms with Gasteiger partial charge in [0.25, 0.3) is 0 Å². The van der Waals surface area contributed by atoms with Gasteiger partial charge in [-0.05, 0) is 31.3 Å². The predicted molar refractivity (Wildman–Crippen MR) is 63.8 cm³/mol. The van der Waals surface area contributed by atoms with Gasteiger partial charge in [0, 0.05) is 4.75 Å². The molecule has 1 aliphatic rings. The Balaban J connectivity index is 2.38. The van der Waals surface area contributed by atoms with E-state index < -0.39 is 0 Å². The second-order valence-electron chi connectivity index (χ2n) is 4.80. The fraction of sp³-hybridized carbons (Fsp3) is 0.750. The third kappa shape index (κ3) is 4.32. The van der Waals surface area contributed by atoms with Gasteiger partial charge in [-0.3, -0.25) is 4.79 Å². The van der Waals surface area contributed by atoms with Crippen molar-refractivity contribution in [2.45, 2.75) is 51.2 Å². The van der Waals surface area contributed by atoms with Crippen molar-refractivity contribution in [1.29, 1.82) is 0 Å². The van der Waals surface area contributed by atoms with Crippen LogP contribution in [0.25, 0.3) is 0 Å². The lowest BCUT2D eigenvalue weighted by atomic mass is 9.97. The van der Waals surface area contributed by atoms with Crippen molar-refractivity contribution in [3.8, 4) is 0 Å². The Bertz CT molecular complexity index is 235. The van der Waals surface area contributed by atoms with Crippen LogP contribution in [0.4, 0.5) is 0 Å². The molecule has 0 saturated carbocycles. The van der Waals surface area contributed by atoms with Gasteiger partial charge in [0.1, 0.15) is 0 Å². The van der Waals surface area contributed by atoms with Gasteiger partial charge in [-0.1, -0.05) is 26.8 Å². The van der Waals surface area contributed by atoms with Crippen LogP contribution in [0.5, 0.6) is 0 Å². The number of carbonyl (C=O) groups excluding carboxylic acids is 1. The van der Waals surface area contributed by atoms with Gasteiger partial charge in [0.05, 0.1) is 5.75 Å². The van der Waals surface area contributed by atoms with Gasteiger partial charge in [-0.25, -0.2) is 0 Å². The number of carbonyl (C=O) groups is 1. The largest absolute Gasteiger partial charge is 0.294 e. The van der Waals surface area contributed by atoms with Crippen molar-refractivity contribution < 1.29 is 4.79 Å². The number of hydrogen-bond donors (Lipinski definition) is 0. The molecule has 0 heterocycles. The second-order valence-corrected chi connectivity index (χ2v) is 6.60. The van der Waals surface area contributed by atoms with Crippen molar-refractivity contribution in [2.75, 3.05) is 5.75 Å². The van der Waals surface area contributed by atoms with E-state index in [0.717, 1.165) is 18.4 Å². The van der Waals surface area contributed by atoms with Gasteiger partial charge in [-0.2, -0.15) is 0 Å². The number of ketones is 1. The zero-order valence-electron chi connectivity index (χ0n) is 9.43. The summed E-state index contributed by atoms with van der Waals surface area (Å²) in [5.74, 6) is 1.000. The van der Waals surface area contributed by atoms with Gasteiger partial charge >= 0.3 is 0 Å². The van der Waals surface area contributed by atoms with Crippen molar-refractivity contribution >= 4 is 17.5 Å². The lowest BCUT2D eigenvalue weighted by molar-refractivity contribution is -0.113. The molecule has 0 aromatic rings. The standard InChI is InChI=1S/C12H20OS/c1-12(2,3)14-9-11(13)10-7-5-4-6-8-10/h7H,4-6,8-9H2,1-3H3. The first-order chi connectivity index (χ1) is 6.49. The lowest BCUT2D eigenvalue weighted by Crippen LogP contribution is -2.15. The highest BCUT2D eigenvalue weighted by Gasteiger charge is 2.16. The van der Waals surface area contributed by atoms with E-state index in [1.807, 2.05) is 0 Å². The van der Waals surface area contributed by atoms with E-state index >= 15 is 0 Å². The number of allylic oxidation sites excluding steroid dienone is 2. The average molecular weight is 212 g/mol. The Hall–Kier alpha value is -0.240. The minimum atomic E-state index is 0.199. The molecule has 0 fully saturated rings. The van der Waals surface area contributed by atoms with Crippen LogP contribution in [0, 0.1) is 0 Å². The number of rotatable bonds is 3. The molecule has 0 unspecified atom stereocenters. The van der Waals surface area contributed by atoms with Crippen LogP contribution in [0.1, 0.15) is 46.5 Å². The zero-order valence-corrected chi connectivity index (χ0v) is 10.2. The average Bonchev–Trinajstić information content (AvgIpc) is 2.14. The summed E-state index contributed by atoms with van der Waals surface area (Å²) in [7, 11) is 0. The minimum Gasteiger partial charge on any atom is -0.294 e. The summed E-state index contributed by atoms with van der Waals surface area (Å²) in [4.78, 5) is 11.8. The van der Waals surface area contributed by atoms with Crippen LogP contribution in [0.15, 0.2) is 11.6 Å². The maximum atomic E-state index is 11.8. The van der Waals surface area contributed by atoms with Crippen LogP contribution in [-0.4, -0.2) is 16.3 Å². The third-order valence-corrected chi connectivity index (χ3v) is 3.56. The molecule has 0 atom stereocenters. The molecule has 1 aliphatic carbocycles. The first kappa shape index (κ1) is 11.8. The molecule has 14 heavy (non-hydrogen) atoms. The second kappa shape index (κ2) is 5.01. The molecule has 1 nitrogen and oxygen atoms in total. The Labute approximate surface area is 91.3 Å². The van der Waals surface area contributed by atoms with Crippen LogP contribution < -0.4 is 0 Å². The summed E-state index contributed by atoms with van der Waals surface area (Å²) in [6.45, 7) is 6.46. The molecule has 0 aromatic heterocycles. The van der Waals surface area contributed by atoms with E-state index in [1.54, 1.807) is 11.8 Å². The van der Waals surface area contributed by atoms with Crippen molar-refractivity contribution in [3.05, 3.63) is 11.6 Å². The van der Waals surface area contributed by atoms with Crippen molar-refractivity contribution in [3.63, 3.8) is 0 Å². The first-order valence-electron chi connectivity index (χ1n) is 5.35. The SMILES string of the molecule is CC(C)(C)SCC(=O)C1=CCCCC1. The van der Waals surface area contributed by atoms with Gasteiger partial charge in [0.15, 0.2) is 5.78 Å². The molecule has 0 spiro atoms. The third-order valence-electron chi connectivity index (χ3n) is 2.29. The first-order valence-corrected chi connectivity index (χ1v) is 6.34. The molecule has 2 heteroatoms. The Kier molecular flexibility index (Phi) is 4.24. The summed E-state index contributed by atoms with van der Waals surface area (Å²) in [6.07, 6.45) is 6.68. The highest BCUT2D eigenvalue weighted by molar-refractivity contribution is 8.01. The monoisotopic (exact) mass is 212 g/mol. The molecule has 0 aliphatic heterocycles. The Morgan fingerprint density at radius 2 is 2.14 bits per heavy atom. The van der Waals surface area contributed by atoms with Crippen LogP contribution in [0.2, 0.25) is 0 Å². The van der Waals surface area contributed by atoms with Crippen molar-refractivity contribution in [2.24, 2.45) is 0 Å². The van der Waals surface area contributed by atoms with Crippen LogP contribution in [-0.2, 0) is 4.79 Å². The molecule has 0 amide bonds. The fourth-order valence-corrected chi connectivity index (χ4v) is 2.22. The fourth-order valence-electron chi connectivity index (χ4n) is 1.47. The van der Waals surface area contributed by atoms with E-state index in [4.69, 9.17) is 0 Å². The quantitative estimate of drug-likeness (QED) is 0.711. The number of Topliss-reactive ketones (excluding diaryl/α,β-unsaturated/α-hetero) is 1. The summed E-state index contributed by atoms with van der Waals surface area (Å²) < 4.78 is 0.199. The highest BCUT2D eigenvalue weighted by atomic mass is 32.2. The Morgan fingerprint density at radius 1 is 1.43 bits per heavy atom. The predicted octanol–water partition coefficient (Wildman–Crippen LogP) is 3.59. The highest BCUT2D eigenvalue weighted by Crippen LogP contribution is 2.26. The van der Waals surface area contributed by atoms with E-state index in [1.165, 1.54) is 12.8 Å². The van der Waals surface area contributed by atoms with E-state index in [2.05, 4.69) is 26.8 Å². The molecular formula is C12H20OS. The smallest absolute Gasteiger partial charge is 0.168 e. The molecule has 0 aromatic carbocycles. The zero-order chi connectivity index (χ0) is 10.6. The summed E-state index contributed by atoms with van der Waals surface area (Å²) in [6, 6.07) is 0. The summed E-state index contributed by atoms with van der Waals surface area (Å²) in [5, 5.41) is 0. The number of hydrogen-bond acceptors (Lipinski definition) is 2. The normalized spacial score (nSPS) is 17.8. The Morgan fingerprint density at radius 3 is 2.64 bits per heavy atom. The van der Waals surface area contributed by atoms with E-state index in [0.29, 0.717) is 11.5 Å². The molecule has 0 saturated heterocycles. The van der Waals surface area contributed by atoms with E-state index in [9.17, 15) is 4.79 Å². The van der Waals surface area contributed by atoms with Crippen molar-refractivity contribution in [1.82, 2.24) is 0 Å². The number of thioether (sulfide) groups is 1. The molecule has 0 bridgehead atoms. The van der Waals surface area contributed by atoms with Crippen LogP contribution >= 0.6 is 11.8 Å². The summed E-state index contributed by atoms with van der Waals surface area (Å²) in [5.41, 5.74) is 1.08. The maximum Gasteiger partial charge on any atom is 0.168 e. The lowest BCUT2D eigenvalue weighted by Gasteiger charge is -2.18. The molecule has 0 N–H and O–H groups in total. The minimum absolute atomic E-state index is 0.199. The molecular weight excluding hydrogens is 192 g/mol. The van der Waals surface area contributed by atoms with Gasteiger partial charge in [-0.15, -0.1) is 11.8 Å². The van der Waals surface area contributed by atoms with Gasteiger partial charge < -0.3 is 0 Å². The molecule has 80 valence electrons. The van der Waals surface area contributed by atoms with Gasteiger partial charge in [0.2, 0.25) is 0 Å².